The number of carbonyl (C=O) groups is 1. The molecule has 0 saturated carbocycles. The van der Waals surface area contributed by atoms with Crippen LogP contribution in [0.25, 0.3) is 6.08 Å². The minimum absolute atomic E-state index is 0.184. The zero-order valence-corrected chi connectivity index (χ0v) is 16.0. The van der Waals surface area contributed by atoms with Gasteiger partial charge in [0.25, 0.3) is 0 Å². The van der Waals surface area contributed by atoms with Crippen molar-refractivity contribution < 1.29 is 13.2 Å². The number of nitrogens with one attached hydrogen (secondary N) is 1. The average molecular weight is 391 g/mol. The van der Waals surface area contributed by atoms with E-state index >= 15 is 0 Å². The lowest BCUT2D eigenvalue weighted by Crippen LogP contribution is -2.41. The average Bonchev–Trinajstić information content (AvgIpc) is 2.74. The van der Waals surface area contributed by atoms with Crippen molar-refractivity contribution >= 4 is 21.8 Å². The third kappa shape index (κ3) is 5.18. The number of rotatable bonds is 7. The molecule has 0 radical (unpaired) electrons. The van der Waals surface area contributed by atoms with E-state index in [1.807, 2.05) is 60.7 Å². The van der Waals surface area contributed by atoms with Crippen LogP contribution in [-0.4, -0.2) is 19.7 Å². The Balaban J connectivity index is 1.84. The van der Waals surface area contributed by atoms with Crippen LogP contribution < -0.4 is 5.32 Å². The van der Waals surface area contributed by atoms with Gasteiger partial charge in [-0.15, -0.1) is 0 Å². The van der Waals surface area contributed by atoms with Gasteiger partial charge in [0, 0.05) is 12.5 Å². The van der Waals surface area contributed by atoms with Gasteiger partial charge in [0.05, 0.1) is 4.90 Å². The van der Waals surface area contributed by atoms with Crippen molar-refractivity contribution in [2.45, 2.75) is 16.7 Å². The van der Waals surface area contributed by atoms with E-state index in [4.69, 9.17) is 0 Å². The highest BCUT2D eigenvalue weighted by Gasteiger charge is 2.28. The molecule has 142 valence electrons. The molecule has 3 rings (SSSR count). The van der Waals surface area contributed by atoms with Crippen LogP contribution in [0.4, 0.5) is 0 Å². The van der Waals surface area contributed by atoms with E-state index in [1.54, 1.807) is 36.4 Å². The fourth-order valence-electron chi connectivity index (χ4n) is 2.78. The molecule has 1 amide bonds. The first kappa shape index (κ1) is 19.6. The number of hydrogen-bond donors (Lipinski definition) is 1. The lowest BCUT2D eigenvalue weighted by atomic mass is 10.1. The first-order valence-corrected chi connectivity index (χ1v) is 10.5. The maximum absolute atomic E-state index is 13.1. The number of benzene rings is 3. The second kappa shape index (κ2) is 9.15. The van der Waals surface area contributed by atoms with Crippen LogP contribution in [0.15, 0.2) is 102 Å². The molecule has 0 saturated heterocycles. The van der Waals surface area contributed by atoms with Crippen molar-refractivity contribution in [3.8, 4) is 0 Å². The molecular weight excluding hydrogens is 370 g/mol. The maximum Gasteiger partial charge on any atom is 0.245 e. The molecule has 0 aliphatic carbocycles. The van der Waals surface area contributed by atoms with Crippen molar-refractivity contribution in [2.75, 3.05) is 0 Å². The van der Waals surface area contributed by atoms with E-state index in [-0.39, 0.29) is 11.3 Å². The van der Waals surface area contributed by atoms with Gasteiger partial charge in [-0.3, -0.25) is 4.79 Å². The van der Waals surface area contributed by atoms with Gasteiger partial charge in [0.1, 0.15) is 5.37 Å². The Kier molecular flexibility index (Phi) is 6.40. The topological polar surface area (TPSA) is 63.2 Å². The summed E-state index contributed by atoms with van der Waals surface area (Å²) in [5.74, 6) is -0.454. The molecule has 5 heteroatoms. The molecule has 0 aromatic heterocycles. The van der Waals surface area contributed by atoms with E-state index < -0.39 is 21.1 Å². The summed E-state index contributed by atoms with van der Waals surface area (Å²) in [5.41, 5.74) is 1.70. The third-order valence-electron chi connectivity index (χ3n) is 4.24. The Morgan fingerprint density at radius 2 is 1.36 bits per heavy atom. The Morgan fingerprint density at radius 3 is 1.96 bits per heavy atom. The molecule has 4 nitrogen and oxygen atoms in total. The van der Waals surface area contributed by atoms with Crippen LogP contribution in [0.5, 0.6) is 0 Å². The zero-order valence-electron chi connectivity index (χ0n) is 15.2. The van der Waals surface area contributed by atoms with Crippen molar-refractivity contribution in [3.05, 3.63) is 108 Å². The van der Waals surface area contributed by atoms with Gasteiger partial charge >= 0.3 is 0 Å². The molecule has 0 aliphatic heterocycles. The zero-order chi connectivity index (χ0) is 19.8. The fourth-order valence-corrected chi connectivity index (χ4v) is 4.33. The van der Waals surface area contributed by atoms with E-state index in [0.717, 1.165) is 11.1 Å². The predicted molar refractivity (Wildman–Crippen MR) is 111 cm³/mol. The van der Waals surface area contributed by atoms with Crippen molar-refractivity contribution in [1.29, 1.82) is 0 Å². The molecule has 0 bridgehead atoms. The summed E-state index contributed by atoms with van der Waals surface area (Å²) < 4.78 is 26.2. The summed E-state index contributed by atoms with van der Waals surface area (Å²) in [7, 11) is -3.74. The lowest BCUT2D eigenvalue weighted by Gasteiger charge is -2.19. The minimum atomic E-state index is -3.74. The highest BCUT2D eigenvalue weighted by Crippen LogP contribution is 2.18. The van der Waals surface area contributed by atoms with Gasteiger partial charge in [-0.05, 0) is 29.3 Å². The SMILES string of the molecule is O=C(/C=C/c1ccccc1)NC(Cc1ccccc1)S(=O)(=O)c1ccccc1. The Bertz CT molecular complexity index is 1030. The van der Waals surface area contributed by atoms with Gasteiger partial charge < -0.3 is 5.32 Å². The predicted octanol–water partition coefficient (Wildman–Crippen LogP) is 3.86. The Labute approximate surface area is 165 Å². The summed E-state index contributed by atoms with van der Waals surface area (Å²) in [6.45, 7) is 0. The van der Waals surface area contributed by atoms with E-state index in [0.29, 0.717) is 0 Å². The molecule has 3 aromatic rings. The molecule has 3 aromatic carbocycles. The smallest absolute Gasteiger partial charge is 0.245 e. The summed E-state index contributed by atoms with van der Waals surface area (Å²) in [4.78, 5) is 12.6. The van der Waals surface area contributed by atoms with Gasteiger partial charge in [-0.1, -0.05) is 78.9 Å². The van der Waals surface area contributed by atoms with E-state index in [1.165, 1.54) is 6.08 Å². The van der Waals surface area contributed by atoms with Crippen LogP contribution >= 0.6 is 0 Å². The molecule has 28 heavy (non-hydrogen) atoms. The van der Waals surface area contributed by atoms with Crippen LogP contribution in [0.2, 0.25) is 0 Å². The summed E-state index contributed by atoms with van der Waals surface area (Å²) in [6, 6.07) is 26.8. The van der Waals surface area contributed by atoms with Crippen LogP contribution in [0.3, 0.4) is 0 Å². The van der Waals surface area contributed by atoms with Crippen LogP contribution in [0, 0.1) is 0 Å². The quantitative estimate of drug-likeness (QED) is 0.622. The first-order chi connectivity index (χ1) is 13.6. The summed E-state index contributed by atoms with van der Waals surface area (Å²) in [6.07, 6.45) is 3.20. The maximum atomic E-state index is 13.1. The van der Waals surface area contributed by atoms with Gasteiger partial charge in [0.2, 0.25) is 5.91 Å². The van der Waals surface area contributed by atoms with Gasteiger partial charge in [0.15, 0.2) is 9.84 Å². The van der Waals surface area contributed by atoms with E-state index in [2.05, 4.69) is 5.32 Å². The second-order valence-corrected chi connectivity index (χ2v) is 8.42. The number of carbonyl (C=O) groups excluding carboxylic acids is 1. The minimum Gasteiger partial charge on any atom is -0.335 e. The number of amides is 1. The molecule has 0 spiro atoms. The monoisotopic (exact) mass is 391 g/mol. The molecular formula is C23H21NO3S. The lowest BCUT2D eigenvalue weighted by molar-refractivity contribution is -0.116. The normalized spacial score (nSPS) is 12.6. The fraction of sp³-hybridized carbons (Fsp3) is 0.0870. The van der Waals surface area contributed by atoms with Crippen molar-refractivity contribution in [2.24, 2.45) is 0 Å². The Hall–Kier alpha value is -3.18. The van der Waals surface area contributed by atoms with Crippen LogP contribution in [0.1, 0.15) is 11.1 Å². The summed E-state index contributed by atoms with van der Waals surface area (Å²) in [5, 5.41) is 1.60. The van der Waals surface area contributed by atoms with Gasteiger partial charge in [-0.25, -0.2) is 8.42 Å². The third-order valence-corrected chi connectivity index (χ3v) is 6.20. The molecule has 0 aliphatic rings. The largest absolute Gasteiger partial charge is 0.335 e. The molecule has 1 atom stereocenters. The van der Waals surface area contributed by atoms with Crippen molar-refractivity contribution in [1.82, 2.24) is 5.32 Å². The number of hydrogen-bond acceptors (Lipinski definition) is 3. The second-order valence-electron chi connectivity index (χ2n) is 6.29. The molecule has 1 unspecified atom stereocenters. The van der Waals surface area contributed by atoms with Gasteiger partial charge in [-0.2, -0.15) is 0 Å². The summed E-state index contributed by atoms with van der Waals surface area (Å²) >= 11 is 0. The molecule has 1 N–H and O–H groups in total. The highest BCUT2D eigenvalue weighted by atomic mass is 32.2. The Morgan fingerprint density at radius 1 is 0.821 bits per heavy atom. The van der Waals surface area contributed by atoms with Crippen LogP contribution in [-0.2, 0) is 21.1 Å². The first-order valence-electron chi connectivity index (χ1n) is 8.92. The molecule has 0 fully saturated rings. The molecule has 0 heterocycles. The van der Waals surface area contributed by atoms with Crippen molar-refractivity contribution in [3.63, 3.8) is 0 Å². The standard InChI is InChI=1S/C23H21NO3S/c25-22(17-16-19-10-4-1-5-11-19)24-23(18-20-12-6-2-7-13-20)28(26,27)21-14-8-3-9-15-21/h1-17,23H,18H2,(H,24,25)/b17-16+. The van der Waals surface area contributed by atoms with E-state index in [9.17, 15) is 13.2 Å². The number of sulfone groups is 1. The highest BCUT2D eigenvalue weighted by molar-refractivity contribution is 7.92.